The molecule has 2 atom stereocenters. The van der Waals surface area contributed by atoms with Crippen LogP contribution in [0.3, 0.4) is 0 Å². The molecule has 21 heavy (non-hydrogen) atoms. The van der Waals surface area contributed by atoms with E-state index in [2.05, 4.69) is 32.6 Å². The molecule has 124 valence electrons. The molecule has 2 heteroatoms. The normalized spacial score (nSPS) is 28.1. The number of fused-ring (bicyclic) bond motifs is 1. The van der Waals surface area contributed by atoms with Crippen molar-refractivity contribution in [2.24, 2.45) is 23.5 Å². The van der Waals surface area contributed by atoms with E-state index in [4.69, 9.17) is 5.73 Å². The summed E-state index contributed by atoms with van der Waals surface area (Å²) in [5, 5.41) is 0. The molecule has 0 unspecified atom stereocenters. The zero-order chi connectivity index (χ0) is 15.5. The van der Waals surface area contributed by atoms with E-state index < -0.39 is 0 Å². The van der Waals surface area contributed by atoms with Crippen molar-refractivity contribution in [2.45, 2.75) is 90.6 Å². The second kappa shape index (κ2) is 7.46. The Kier molecular flexibility index (Phi) is 6.14. The van der Waals surface area contributed by atoms with E-state index in [1.54, 1.807) is 0 Å². The summed E-state index contributed by atoms with van der Waals surface area (Å²) in [5.74, 6) is 2.42. The van der Waals surface area contributed by atoms with Gasteiger partial charge in [0.2, 0.25) is 0 Å². The molecule has 0 amide bonds. The quantitative estimate of drug-likeness (QED) is 0.785. The Bertz CT molecular complexity index is 299. The molecule has 1 aliphatic heterocycles. The van der Waals surface area contributed by atoms with Crippen molar-refractivity contribution in [1.82, 2.24) is 4.90 Å². The molecular formula is C19H38N2. The highest BCUT2D eigenvalue weighted by molar-refractivity contribution is 5.00. The van der Waals surface area contributed by atoms with E-state index in [-0.39, 0.29) is 5.54 Å². The van der Waals surface area contributed by atoms with E-state index in [0.717, 1.165) is 30.3 Å². The molecule has 0 aromatic carbocycles. The number of nitrogens with zero attached hydrogens (tertiary/aromatic N) is 1. The number of hydrogen-bond acceptors (Lipinski definition) is 2. The van der Waals surface area contributed by atoms with Crippen LogP contribution in [0.4, 0.5) is 0 Å². The molecule has 1 saturated carbocycles. The Morgan fingerprint density at radius 2 is 1.52 bits per heavy atom. The van der Waals surface area contributed by atoms with Gasteiger partial charge in [-0.15, -0.1) is 0 Å². The van der Waals surface area contributed by atoms with Crippen LogP contribution in [-0.2, 0) is 0 Å². The van der Waals surface area contributed by atoms with E-state index in [1.807, 2.05) is 0 Å². The zero-order valence-electron chi connectivity index (χ0n) is 14.9. The van der Waals surface area contributed by atoms with Gasteiger partial charge in [0, 0.05) is 18.1 Å². The van der Waals surface area contributed by atoms with E-state index >= 15 is 0 Å². The van der Waals surface area contributed by atoms with Crippen molar-refractivity contribution >= 4 is 0 Å². The van der Waals surface area contributed by atoms with Crippen LogP contribution in [0, 0.1) is 17.8 Å². The maximum atomic E-state index is 6.42. The first kappa shape index (κ1) is 17.3. The van der Waals surface area contributed by atoms with Crippen LogP contribution in [0.2, 0.25) is 0 Å². The monoisotopic (exact) mass is 294 g/mol. The Labute approximate surface area is 132 Å². The zero-order valence-corrected chi connectivity index (χ0v) is 14.9. The lowest BCUT2D eigenvalue weighted by molar-refractivity contribution is -0.0446. The van der Waals surface area contributed by atoms with E-state index in [9.17, 15) is 0 Å². The first-order chi connectivity index (χ1) is 9.98. The molecule has 2 N–H and O–H groups in total. The number of rotatable bonds is 6. The third kappa shape index (κ3) is 4.01. The number of nitrogens with two attached hydrogens (primary N) is 1. The molecule has 0 bridgehead atoms. The molecule has 0 aromatic heterocycles. The molecule has 0 aromatic rings. The molecule has 2 aliphatic rings. The highest BCUT2D eigenvalue weighted by Crippen LogP contribution is 2.42. The maximum absolute atomic E-state index is 6.42. The Hall–Kier alpha value is -0.0800. The minimum absolute atomic E-state index is 0.253. The SMILES string of the molecule is CC(C)CC(CN)(CC(C)C)N1CCC[C@H]2CCCC[C@H]21. The fraction of sp³-hybridized carbons (Fsp3) is 1.00. The predicted molar refractivity (Wildman–Crippen MR) is 92.4 cm³/mol. The summed E-state index contributed by atoms with van der Waals surface area (Å²) in [7, 11) is 0. The van der Waals surface area contributed by atoms with Crippen molar-refractivity contribution in [3.63, 3.8) is 0 Å². The van der Waals surface area contributed by atoms with Gasteiger partial charge in [-0.3, -0.25) is 4.90 Å². The van der Waals surface area contributed by atoms with Gasteiger partial charge in [0.25, 0.3) is 0 Å². The van der Waals surface area contributed by atoms with Crippen molar-refractivity contribution in [3.05, 3.63) is 0 Å². The summed E-state index contributed by atoms with van der Waals surface area (Å²) < 4.78 is 0. The van der Waals surface area contributed by atoms with Gasteiger partial charge in [0.1, 0.15) is 0 Å². The summed E-state index contributed by atoms with van der Waals surface area (Å²) >= 11 is 0. The lowest BCUT2D eigenvalue weighted by Crippen LogP contribution is -2.62. The van der Waals surface area contributed by atoms with Gasteiger partial charge >= 0.3 is 0 Å². The highest BCUT2D eigenvalue weighted by atomic mass is 15.2. The maximum Gasteiger partial charge on any atom is 0.0339 e. The molecule has 1 heterocycles. The van der Waals surface area contributed by atoms with Gasteiger partial charge in [-0.1, -0.05) is 40.5 Å². The third-order valence-electron chi connectivity index (χ3n) is 5.81. The molecule has 0 radical (unpaired) electrons. The minimum atomic E-state index is 0.253. The standard InChI is InChI=1S/C19H38N2/c1-15(2)12-19(14-20,13-16(3)4)21-11-7-9-17-8-5-6-10-18(17)21/h15-18H,5-14,20H2,1-4H3/t17-,18-/m1/s1. The first-order valence-electron chi connectivity index (χ1n) is 9.45. The highest BCUT2D eigenvalue weighted by Gasteiger charge is 2.44. The van der Waals surface area contributed by atoms with Crippen LogP contribution in [0.15, 0.2) is 0 Å². The first-order valence-corrected chi connectivity index (χ1v) is 9.45. The molecule has 2 fully saturated rings. The number of hydrogen-bond donors (Lipinski definition) is 1. The lowest BCUT2D eigenvalue weighted by atomic mass is 9.72. The van der Waals surface area contributed by atoms with Crippen molar-refractivity contribution < 1.29 is 0 Å². The molecule has 1 aliphatic carbocycles. The van der Waals surface area contributed by atoms with Gasteiger partial charge in [0.15, 0.2) is 0 Å². The molecule has 2 nitrogen and oxygen atoms in total. The van der Waals surface area contributed by atoms with Crippen molar-refractivity contribution in [1.29, 1.82) is 0 Å². The Morgan fingerprint density at radius 3 is 2.10 bits per heavy atom. The third-order valence-corrected chi connectivity index (χ3v) is 5.81. The van der Waals surface area contributed by atoms with E-state index in [1.165, 1.54) is 57.9 Å². The van der Waals surface area contributed by atoms with Crippen LogP contribution in [0.5, 0.6) is 0 Å². The lowest BCUT2D eigenvalue weighted by Gasteiger charge is -2.55. The second-order valence-electron chi connectivity index (χ2n) is 8.57. The number of likely N-dealkylation sites (tertiary alicyclic amines) is 1. The summed E-state index contributed by atoms with van der Waals surface area (Å²) in [4.78, 5) is 2.90. The molecular weight excluding hydrogens is 256 g/mol. The van der Waals surface area contributed by atoms with Crippen LogP contribution >= 0.6 is 0 Å². The smallest absolute Gasteiger partial charge is 0.0339 e. The summed E-state index contributed by atoms with van der Waals surface area (Å²) in [6.45, 7) is 11.6. The van der Waals surface area contributed by atoms with E-state index in [0.29, 0.717) is 0 Å². The topological polar surface area (TPSA) is 29.3 Å². The minimum Gasteiger partial charge on any atom is -0.329 e. The van der Waals surface area contributed by atoms with Gasteiger partial charge in [-0.25, -0.2) is 0 Å². The molecule has 2 rings (SSSR count). The fourth-order valence-electron chi connectivity index (χ4n) is 5.34. The molecule has 0 spiro atoms. The van der Waals surface area contributed by atoms with Crippen molar-refractivity contribution in [2.75, 3.05) is 13.1 Å². The average Bonchev–Trinajstić information content (AvgIpc) is 2.45. The summed E-state index contributed by atoms with van der Waals surface area (Å²) in [6.07, 6.45) is 11.2. The predicted octanol–water partition coefficient (Wildman–Crippen LogP) is 4.43. The summed E-state index contributed by atoms with van der Waals surface area (Å²) in [6, 6.07) is 0.827. The second-order valence-corrected chi connectivity index (χ2v) is 8.57. The largest absolute Gasteiger partial charge is 0.329 e. The van der Waals surface area contributed by atoms with Crippen LogP contribution < -0.4 is 5.73 Å². The Morgan fingerprint density at radius 1 is 0.952 bits per heavy atom. The van der Waals surface area contributed by atoms with Gasteiger partial charge in [-0.05, 0) is 62.8 Å². The molecule has 1 saturated heterocycles. The van der Waals surface area contributed by atoms with Crippen LogP contribution in [0.1, 0.15) is 79.1 Å². The van der Waals surface area contributed by atoms with Gasteiger partial charge < -0.3 is 5.73 Å². The number of piperidine rings is 1. The Balaban J connectivity index is 2.24. The van der Waals surface area contributed by atoms with Crippen LogP contribution in [-0.4, -0.2) is 29.6 Å². The average molecular weight is 295 g/mol. The van der Waals surface area contributed by atoms with Crippen molar-refractivity contribution in [3.8, 4) is 0 Å². The fourth-order valence-corrected chi connectivity index (χ4v) is 5.34. The van der Waals surface area contributed by atoms with Gasteiger partial charge in [0.05, 0.1) is 0 Å². The van der Waals surface area contributed by atoms with Crippen LogP contribution in [0.25, 0.3) is 0 Å². The summed E-state index contributed by atoms with van der Waals surface area (Å²) in [5.41, 5.74) is 6.67. The van der Waals surface area contributed by atoms with Gasteiger partial charge in [-0.2, -0.15) is 0 Å².